The fourth-order valence-corrected chi connectivity index (χ4v) is 5.36. The number of hydrogen-bond acceptors (Lipinski definition) is 5. The lowest BCUT2D eigenvalue weighted by Gasteiger charge is -2.11. The normalized spacial score (nSPS) is 13.2. The van der Waals surface area contributed by atoms with Crippen LogP contribution in [0.2, 0.25) is 5.02 Å². The van der Waals surface area contributed by atoms with Gasteiger partial charge in [-0.2, -0.15) is 0 Å². The van der Waals surface area contributed by atoms with Gasteiger partial charge in [-0.05, 0) is 54.9 Å². The van der Waals surface area contributed by atoms with Crippen molar-refractivity contribution in [3.8, 4) is 0 Å². The van der Waals surface area contributed by atoms with Gasteiger partial charge in [0.2, 0.25) is 0 Å². The number of hydrogen-bond donors (Lipinski definition) is 2. The van der Waals surface area contributed by atoms with Gasteiger partial charge in [0.1, 0.15) is 4.21 Å². The van der Waals surface area contributed by atoms with E-state index in [2.05, 4.69) is 10.6 Å². The van der Waals surface area contributed by atoms with Crippen LogP contribution in [0.4, 0.5) is 5.69 Å². The molecule has 5 nitrogen and oxygen atoms in total. The SMILES string of the molecule is CS(=O)(=O)c1sc(C(=O)NC(=S)Nc2ccc(Cl)cc2)c2c1C=CCC2. The zero-order valence-electron chi connectivity index (χ0n) is 13.7. The quantitative estimate of drug-likeness (QED) is 0.728. The topological polar surface area (TPSA) is 75.3 Å². The maximum absolute atomic E-state index is 12.6. The van der Waals surface area contributed by atoms with Crippen LogP contribution in [0.1, 0.15) is 27.2 Å². The van der Waals surface area contributed by atoms with Crippen LogP contribution in [-0.4, -0.2) is 25.7 Å². The third kappa shape index (κ3) is 4.15. The van der Waals surface area contributed by atoms with Gasteiger partial charge < -0.3 is 5.32 Å². The van der Waals surface area contributed by atoms with Crippen molar-refractivity contribution < 1.29 is 13.2 Å². The molecule has 0 spiro atoms. The Kier molecular flexibility index (Phi) is 5.47. The van der Waals surface area contributed by atoms with Crippen molar-refractivity contribution in [2.45, 2.75) is 17.1 Å². The molecule has 9 heteroatoms. The number of nitrogens with one attached hydrogen (secondary N) is 2. The van der Waals surface area contributed by atoms with Crippen molar-refractivity contribution in [2.24, 2.45) is 0 Å². The van der Waals surface area contributed by atoms with Crippen LogP contribution in [0.15, 0.2) is 34.6 Å². The zero-order chi connectivity index (χ0) is 18.9. The zero-order valence-corrected chi connectivity index (χ0v) is 16.9. The second-order valence-corrected chi connectivity index (χ2v) is 9.82. The number of anilines is 1. The third-order valence-corrected chi connectivity index (χ3v) is 7.28. The van der Waals surface area contributed by atoms with Crippen LogP contribution >= 0.6 is 35.2 Å². The van der Waals surface area contributed by atoms with E-state index in [1.807, 2.05) is 6.08 Å². The summed E-state index contributed by atoms with van der Waals surface area (Å²) in [5.41, 5.74) is 2.06. The Morgan fingerprint density at radius 1 is 1.27 bits per heavy atom. The molecule has 3 rings (SSSR count). The second-order valence-electron chi connectivity index (χ2n) is 5.74. The van der Waals surface area contributed by atoms with Crippen molar-refractivity contribution >= 4 is 67.8 Å². The van der Waals surface area contributed by atoms with Gasteiger partial charge in [-0.1, -0.05) is 23.8 Å². The Balaban J connectivity index is 1.82. The summed E-state index contributed by atoms with van der Waals surface area (Å²) >= 11 is 12.0. The molecule has 2 N–H and O–H groups in total. The highest BCUT2D eigenvalue weighted by molar-refractivity contribution is 7.92. The van der Waals surface area contributed by atoms with Gasteiger partial charge in [-0.25, -0.2) is 8.42 Å². The van der Waals surface area contributed by atoms with Crippen LogP contribution in [0, 0.1) is 0 Å². The lowest BCUT2D eigenvalue weighted by Crippen LogP contribution is -2.34. The predicted octanol–water partition coefficient (Wildman–Crippen LogP) is 3.89. The minimum absolute atomic E-state index is 0.131. The molecule has 0 saturated heterocycles. The van der Waals surface area contributed by atoms with Crippen molar-refractivity contribution in [2.75, 3.05) is 11.6 Å². The van der Waals surface area contributed by atoms with Crippen molar-refractivity contribution in [1.82, 2.24) is 5.32 Å². The lowest BCUT2D eigenvalue weighted by molar-refractivity contribution is 0.0981. The fourth-order valence-electron chi connectivity index (χ4n) is 2.61. The highest BCUT2D eigenvalue weighted by atomic mass is 35.5. The summed E-state index contributed by atoms with van der Waals surface area (Å²) in [4.78, 5) is 13.0. The van der Waals surface area contributed by atoms with Crippen molar-refractivity contribution in [3.63, 3.8) is 0 Å². The van der Waals surface area contributed by atoms with Gasteiger partial charge >= 0.3 is 0 Å². The summed E-state index contributed by atoms with van der Waals surface area (Å²) in [5.74, 6) is -0.414. The fraction of sp³-hybridized carbons (Fsp3) is 0.176. The van der Waals surface area contributed by atoms with Gasteiger partial charge in [-0.3, -0.25) is 10.1 Å². The third-order valence-electron chi connectivity index (χ3n) is 3.73. The number of thiocarbonyl (C=S) groups is 1. The van der Waals surface area contributed by atoms with Crippen molar-refractivity contribution in [3.05, 3.63) is 51.4 Å². The van der Waals surface area contributed by atoms with Crippen LogP contribution < -0.4 is 10.6 Å². The first kappa shape index (κ1) is 19.0. The van der Waals surface area contributed by atoms with Gasteiger partial charge in [-0.15, -0.1) is 11.3 Å². The smallest absolute Gasteiger partial charge is 0.267 e. The molecule has 1 aliphatic rings. The van der Waals surface area contributed by atoms with Crippen molar-refractivity contribution in [1.29, 1.82) is 0 Å². The molecule has 0 radical (unpaired) electrons. The largest absolute Gasteiger partial charge is 0.332 e. The molecule has 1 heterocycles. The predicted molar refractivity (Wildman–Crippen MR) is 110 cm³/mol. The highest BCUT2D eigenvalue weighted by Gasteiger charge is 2.27. The molecular formula is C17H15ClN2O3S3. The maximum Gasteiger partial charge on any atom is 0.267 e. The number of allylic oxidation sites excluding steroid dienone is 1. The van der Waals surface area contributed by atoms with E-state index in [9.17, 15) is 13.2 Å². The number of fused-ring (bicyclic) bond motifs is 1. The maximum atomic E-state index is 12.6. The number of benzene rings is 1. The van der Waals surface area contributed by atoms with E-state index in [0.29, 0.717) is 27.6 Å². The standard InChI is InChI=1S/C17H15ClN2O3S3/c1-26(22,23)16-13-5-3-2-4-12(13)14(25-16)15(21)20-17(24)19-11-8-6-10(18)7-9-11/h3,5-9H,2,4H2,1H3,(H2,19,20,21,24). The Labute approximate surface area is 166 Å². The molecule has 0 atom stereocenters. The number of sulfone groups is 1. The van der Waals surface area contributed by atoms with Crippen LogP contribution in [0.5, 0.6) is 0 Å². The molecule has 0 saturated carbocycles. The van der Waals surface area contributed by atoms with E-state index in [-0.39, 0.29) is 9.32 Å². The Morgan fingerprint density at radius 2 is 1.96 bits per heavy atom. The van der Waals surface area contributed by atoms with Crippen LogP contribution in [0.25, 0.3) is 6.08 Å². The van der Waals surface area contributed by atoms with Gasteiger partial charge in [0.25, 0.3) is 5.91 Å². The van der Waals surface area contributed by atoms with E-state index < -0.39 is 15.7 Å². The number of thiophene rings is 1. The monoisotopic (exact) mass is 426 g/mol. The summed E-state index contributed by atoms with van der Waals surface area (Å²) in [7, 11) is -3.41. The molecule has 1 amide bonds. The first-order valence-corrected chi connectivity index (χ1v) is 11.2. The Hall–Kier alpha value is -1.74. The first-order valence-electron chi connectivity index (χ1n) is 7.66. The number of carbonyl (C=O) groups is 1. The molecule has 0 fully saturated rings. The minimum Gasteiger partial charge on any atom is -0.332 e. The minimum atomic E-state index is -3.41. The number of rotatable bonds is 3. The summed E-state index contributed by atoms with van der Waals surface area (Å²) in [6.07, 6.45) is 6.22. The van der Waals surface area contributed by atoms with Gasteiger partial charge in [0.15, 0.2) is 14.9 Å². The summed E-state index contributed by atoms with van der Waals surface area (Å²) in [6, 6.07) is 6.88. The highest BCUT2D eigenvalue weighted by Crippen LogP contribution is 2.36. The molecule has 0 bridgehead atoms. The number of amides is 1. The summed E-state index contributed by atoms with van der Waals surface area (Å²) in [6.45, 7) is 0. The molecule has 2 aromatic rings. The van der Waals surface area contributed by atoms with E-state index in [1.54, 1.807) is 30.3 Å². The lowest BCUT2D eigenvalue weighted by atomic mass is 10.00. The van der Waals surface area contributed by atoms with Gasteiger partial charge in [0, 0.05) is 22.5 Å². The summed E-state index contributed by atoms with van der Waals surface area (Å²) < 4.78 is 24.3. The number of halogens is 1. The molecule has 1 aliphatic carbocycles. The van der Waals surface area contributed by atoms with E-state index in [0.717, 1.165) is 29.6 Å². The first-order chi connectivity index (χ1) is 12.3. The molecule has 0 aliphatic heterocycles. The Morgan fingerprint density at radius 3 is 2.62 bits per heavy atom. The van der Waals surface area contributed by atoms with E-state index in [4.69, 9.17) is 23.8 Å². The molecule has 0 unspecified atom stereocenters. The molecular weight excluding hydrogens is 412 g/mol. The van der Waals surface area contributed by atoms with E-state index in [1.165, 1.54) is 0 Å². The molecule has 136 valence electrons. The molecule has 1 aromatic carbocycles. The number of carbonyl (C=O) groups excluding carboxylic acids is 1. The average Bonchev–Trinajstić information content (AvgIpc) is 2.97. The second kappa shape index (κ2) is 7.48. The summed E-state index contributed by atoms with van der Waals surface area (Å²) in [5, 5.41) is 6.24. The van der Waals surface area contributed by atoms with E-state index >= 15 is 0 Å². The average molecular weight is 427 g/mol. The van der Waals surface area contributed by atoms with Crippen LogP contribution in [0.3, 0.4) is 0 Å². The molecule has 26 heavy (non-hydrogen) atoms. The Bertz CT molecular complexity index is 1010. The van der Waals surface area contributed by atoms with Crippen LogP contribution in [-0.2, 0) is 16.3 Å². The molecule has 1 aromatic heterocycles. The van der Waals surface area contributed by atoms with Gasteiger partial charge in [0.05, 0.1) is 4.88 Å².